The normalized spacial score (nSPS) is 14.3. The van der Waals surface area contributed by atoms with Crippen LogP contribution in [-0.4, -0.2) is 28.1 Å². The second-order valence-electron chi connectivity index (χ2n) is 5.65. The van der Waals surface area contributed by atoms with Gasteiger partial charge in [-0.3, -0.25) is 9.78 Å². The molecule has 0 aliphatic heterocycles. The molecule has 1 heterocycles. The number of rotatable bonds is 4. The summed E-state index contributed by atoms with van der Waals surface area (Å²) in [6.45, 7) is 4.13. The van der Waals surface area contributed by atoms with Crippen molar-refractivity contribution in [2.45, 2.75) is 38.6 Å². The third kappa shape index (κ3) is 3.58. The van der Waals surface area contributed by atoms with E-state index in [1.165, 1.54) is 12.8 Å². The zero-order valence-electron chi connectivity index (χ0n) is 11.9. The van der Waals surface area contributed by atoms with Gasteiger partial charge in [0.1, 0.15) is 0 Å². The van der Waals surface area contributed by atoms with E-state index < -0.39 is 0 Å². The number of aromatic nitrogens is 1. The Balaban J connectivity index is 2.15. The fourth-order valence-corrected chi connectivity index (χ4v) is 2.17. The minimum absolute atomic E-state index is 0.0174. The van der Waals surface area contributed by atoms with Gasteiger partial charge >= 0.3 is 0 Å². The number of pyridine rings is 1. The molecule has 1 fully saturated rings. The number of carbonyl (C=O) groups is 1. The third-order valence-corrected chi connectivity index (χ3v) is 3.56. The van der Waals surface area contributed by atoms with Crippen molar-refractivity contribution in [1.29, 1.82) is 0 Å². The SMILES string of the molecule is CC(C)(NC(=O)c1ccncc1C#CCCO)C1CC1. The van der Waals surface area contributed by atoms with E-state index >= 15 is 0 Å². The Labute approximate surface area is 119 Å². The van der Waals surface area contributed by atoms with Crippen molar-refractivity contribution in [2.24, 2.45) is 5.92 Å². The molecule has 1 aromatic rings. The van der Waals surface area contributed by atoms with Crippen molar-refractivity contribution >= 4 is 5.91 Å². The fourth-order valence-electron chi connectivity index (χ4n) is 2.17. The number of hydrogen-bond donors (Lipinski definition) is 2. The van der Waals surface area contributed by atoms with E-state index in [-0.39, 0.29) is 18.1 Å². The predicted molar refractivity (Wildman–Crippen MR) is 77.1 cm³/mol. The van der Waals surface area contributed by atoms with Crippen LogP contribution in [0.3, 0.4) is 0 Å². The summed E-state index contributed by atoms with van der Waals surface area (Å²) >= 11 is 0. The lowest BCUT2D eigenvalue weighted by Gasteiger charge is -2.26. The Hall–Kier alpha value is -1.86. The van der Waals surface area contributed by atoms with Gasteiger partial charge in [-0.15, -0.1) is 0 Å². The molecule has 1 saturated carbocycles. The van der Waals surface area contributed by atoms with Crippen LogP contribution >= 0.6 is 0 Å². The highest BCUT2D eigenvalue weighted by atomic mass is 16.2. The second-order valence-corrected chi connectivity index (χ2v) is 5.65. The van der Waals surface area contributed by atoms with Crippen molar-refractivity contribution in [3.05, 3.63) is 29.6 Å². The zero-order valence-corrected chi connectivity index (χ0v) is 11.9. The first-order valence-corrected chi connectivity index (χ1v) is 6.91. The molecule has 20 heavy (non-hydrogen) atoms. The standard InChI is InChI=1S/C16H20N2O2/c1-16(2,13-6-7-13)18-15(20)14-8-9-17-11-12(14)5-3-4-10-19/h8-9,11,13,19H,4,6-7,10H2,1-2H3,(H,18,20). The number of aliphatic hydroxyl groups is 1. The third-order valence-electron chi connectivity index (χ3n) is 3.56. The van der Waals surface area contributed by atoms with Crippen LogP contribution in [0.5, 0.6) is 0 Å². The van der Waals surface area contributed by atoms with Gasteiger partial charge in [0.15, 0.2) is 0 Å². The Morgan fingerprint density at radius 2 is 2.30 bits per heavy atom. The fraction of sp³-hybridized carbons (Fsp3) is 0.500. The Bertz CT molecular complexity index is 551. The summed E-state index contributed by atoms with van der Waals surface area (Å²) in [6.07, 6.45) is 5.92. The highest BCUT2D eigenvalue weighted by Gasteiger charge is 2.39. The van der Waals surface area contributed by atoms with Crippen LogP contribution < -0.4 is 5.32 Å². The van der Waals surface area contributed by atoms with Crippen LogP contribution in [0, 0.1) is 17.8 Å². The molecule has 1 aromatic heterocycles. The van der Waals surface area contributed by atoms with E-state index in [0.717, 1.165) is 0 Å². The molecule has 0 aromatic carbocycles. The lowest BCUT2D eigenvalue weighted by molar-refractivity contribution is 0.0903. The number of nitrogens with zero attached hydrogens (tertiary/aromatic N) is 1. The topological polar surface area (TPSA) is 62.2 Å². The van der Waals surface area contributed by atoms with Crippen LogP contribution in [-0.2, 0) is 0 Å². The van der Waals surface area contributed by atoms with Crippen LogP contribution in [0.4, 0.5) is 0 Å². The zero-order chi connectivity index (χ0) is 14.6. The largest absolute Gasteiger partial charge is 0.395 e. The van der Waals surface area contributed by atoms with Gasteiger partial charge in [-0.05, 0) is 38.7 Å². The van der Waals surface area contributed by atoms with E-state index in [0.29, 0.717) is 23.5 Å². The van der Waals surface area contributed by atoms with Crippen molar-refractivity contribution in [1.82, 2.24) is 10.3 Å². The summed E-state index contributed by atoms with van der Waals surface area (Å²) in [4.78, 5) is 16.4. The van der Waals surface area contributed by atoms with Gasteiger partial charge in [0.05, 0.1) is 17.7 Å². The summed E-state index contributed by atoms with van der Waals surface area (Å²) in [6, 6.07) is 1.68. The molecule has 1 aliphatic rings. The highest BCUT2D eigenvalue weighted by Crippen LogP contribution is 2.39. The summed E-state index contributed by atoms with van der Waals surface area (Å²) < 4.78 is 0. The smallest absolute Gasteiger partial charge is 0.253 e. The average Bonchev–Trinajstić information content (AvgIpc) is 3.23. The van der Waals surface area contributed by atoms with Crippen LogP contribution in [0.25, 0.3) is 0 Å². The number of amides is 1. The molecule has 0 bridgehead atoms. The maximum atomic E-state index is 12.4. The van der Waals surface area contributed by atoms with Gasteiger partial charge in [-0.2, -0.15) is 0 Å². The number of aliphatic hydroxyl groups excluding tert-OH is 1. The monoisotopic (exact) mass is 272 g/mol. The number of hydrogen-bond acceptors (Lipinski definition) is 3. The summed E-state index contributed by atoms with van der Waals surface area (Å²) in [7, 11) is 0. The minimum Gasteiger partial charge on any atom is -0.395 e. The van der Waals surface area contributed by atoms with Gasteiger partial charge in [0, 0.05) is 24.4 Å². The maximum absolute atomic E-state index is 12.4. The molecule has 1 aliphatic carbocycles. The van der Waals surface area contributed by atoms with Crippen molar-refractivity contribution in [2.75, 3.05) is 6.61 Å². The van der Waals surface area contributed by atoms with E-state index in [1.807, 2.05) is 0 Å². The molecule has 2 rings (SSSR count). The first-order valence-electron chi connectivity index (χ1n) is 6.91. The first-order chi connectivity index (χ1) is 9.54. The van der Waals surface area contributed by atoms with Gasteiger partial charge < -0.3 is 10.4 Å². The molecule has 0 unspecified atom stereocenters. The molecule has 2 N–H and O–H groups in total. The van der Waals surface area contributed by atoms with Gasteiger partial charge in [0.2, 0.25) is 0 Å². The van der Waals surface area contributed by atoms with Crippen LogP contribution in [0.2, 0.25) is 0 Å². The first kappa shape index (κ1) is 14.5. The Morgan fingerprint density at radius 1 is 1.55 bits per heavy atom. The van der Waals surface area contributed by atoms with Crippen LogP contribution in [0.15, 0.2) is 18.5 Å². The molecule has 0 saturated heterocycles. The Morgan fingerprint density at radius 3 is 2.95 bits per heavy atom. The molecule has 4 nitrogen and oxygen atoms in total. The molecular formula is C16H20N2O2. The second kappa shape index (κ2) is 6.06. The maximum Gasteiger partial charge on any atom is 0.253 e. The molecule has 0 spiro atoms. The molecule has 0 radical (unpaired) electrons. The molecular weight excluding hydrogens is 252 g/mol. The van der Waals surface area contributed by atoms with E-state index in [1.54, 1.807) is 18.5 Å². The molecule has 1 amide bonds. The lowest BCUT2D eigenvalue weighted by Crippen LogP contribution is -2.45. The van der Waals surface area contributed by atoms with E-state index in [2.05, 4.69) is 36.0 Å². The molecule has 4 heteroatoms. The quantitative estimate of drug-likeness (QED) is 0.821. The van der Waals surface area contributed by atoms with Crippen molar-refractivity contribution in [3.63, 3.8) is 0 Å². The van der Waals surface area contributed by atoms with E-state index in [9.17, 15) is 4.79 Å². The summed E-state index contributed by atoms with van der Waals surface area (Å²) in [5.41, 5.74) is 0.958. The summed E-state index contributed by atoms with van der Waals surface area (Å²) in [5, 5.41) is 11.8. The predicted octanol–water partition coefficient (Wildman–Crippen LogP) is 1.73. The number of nitrogens with one attached hydrogen (secondary N) is 1. The lowest BCUT2D eigenvalue weighted by atomic mass is 9.97. The van der Waals surface area contributed by atoms with Crippen molar-refractivity contribution < 1.29 is 9.90 Å². The van der Waals surface area contributed by atoms with Gasteiger partial charge in [-0.25, -0.2) is 0 Å². The molecule has 106 valence electrons. The van der Waals surface area contributed by atoms with E-state index in [4.69, 9.17) is 5.11 Å². The Kier molecular flexibility index (Phi) is 4.41. The minimum atomic E-state index is -0.184. The molecule has 0 atom stereocenters. The van der Waals surface area contributed by atoms with Gasteiger partial charge in [-0.1, -0.05) is 11.8 Å². The van der Waals surface area contributed by atoms with Crippen LogP contribution in [0.1, 0.15) is 49.0 Å². The van der Waals surface area contributed by atoms with Crippen molar-refractivity contribution in [3.8, 4) is 11.8 Å². The van der Waals surface area contributed by atoms with Gasteiger partial charge in [0.25, 0.3) is 5.91 Å². The average molecular weight is 272 g/mol. The summed E-state index contributed by atoms with van der Waals surface area (Å²) in [5.74, 6) is 6.17. The number of carbonyl (C=O) groups excluding carboxylic acids is 1. The highest BCUT2D eigenvalue weighted by molar-refractivity contribution is 5.97.